The average Bonchev–Trinajstić information content (AvgIpc) is 2.49. The monoisotopic (exact) mass is 376 g/mol. The smallest absolute Gasteiger partial charge is 0.383 e. The van der Waals surface area contributed by atoms with Crippen molar-refractivity contribution in [2.75, 3.05) is 17.2 Å². The van der Waals surface area contributed by atoms with Crippen LogP contribution in [-0.2, 0) is 11.0 Å². The first-order valence-electron chi connectivity index (χ1n) is 6.92. The molecule has 8 heteroatoms. The molecule has 24 heavy (non-hydrogen) atoms. The van der Waals surface area contributed by atoms with E-state index in [9.17, 15) is 18.0 Å². The molecule has 1 amide bonds. The lowest BCUT2D eigenvalue weighted by Gasteiger charge is -2.11. The van der Waals surface area contributed by atoms with E-state index < -0.39 is 17.6 Å². The Morgan fingerprint density at radius 2 is 1.83 bits per heavy atom. The van der Waals surface area contributed by atoms with Crippen LogP contribution in [0.5, 0.6) is 0 Å². The molecule has 0 heterocycles. The molecule has 3 nitrogen and oxygen atoms in total. The molecular weight excluding hydrogens is 364 g/mol. The standard InChI is InChI=1S/C16H13Cl2F3N2O/c17-11-4-5-14(13(18)9-11)22-7-6-15(24)23-12-3-1-2-10(8-12)16(19,20)21/h1-5,8-9,22H,6-7H2,(H,23,24). The molecule has 0 saturated carbocycles. The van der Waals surface area contributed by atoms with Crippen molar-refractivity contribution in [3.05, 3.63) is 58.1 Å². The second kappa shape index (κ2) is 7.77. The first-order valence-corrected chi connectivity index (χ1v) is 7.67. The van der Waals surface area contributed by atoms with Gasteiger partial charge in [-0.1, -0.05) is 29.3 Å². The van der Waals surface area contributed by atoms with E-state index in [2.05, 4.69) is 10.6 Å². The number of hydrogen-bond donors (Lipinski definition) is 2. The summed E-state index contributed by atoms with van der Waals surface area (Å²) in [4.78, 5) is 11.8. The van der Waals surface area contributed by atoms with Crippen LogP contribution >= 0.6 is 23.2 Å². The highest BCUT2D eigenvalue weighted by molar-refractivity contribution is 6.36. The zero-order chi connectivity index (χ0) is 17.7. The Kier molecular flexibility index (Phi) is 5.96. The fraction of sp³-hybridized carbons (Fsp3) is 0.188. The van der Waals surface area contributed by atoms with Gasteiger partial charge >= 0.3 is 6.18 Å². The molecule has 2 rings (SSSR count). The normalized spacial score (nSPS) is 11.2. The highest BCUT2D eigenvalue weighted by atomic mass is 35.5. The zero-order valence-electron chi connectivity index (χ0n) is 12.3. The molecule has 0 fully saturated rings. The molecule has 0 bridgehead atoms. The summed E-state index contributed by atoms with van der Waals surface area (Å²) in [6, 6.07) is 9.37. The quantitative estimate of drug-likeness (QED) is 0.727. The second-order valence-electron chi connectivity index (χ2n) is 4.93. The second-order valence-corrected chi connectivity index (χ2v) is 5.77. The van der Waals surface area contributed by atoms with E-state index in [1.54, 1.807) is 18.2 Å². The van der Waals surface area contributed by atoms with Gasteiger partial charge in [0, 0.05) is 23.7 Å². The van der Waals surface area contributed by atoms with Crippen LogP contribution in [0.4, 0.5) is 24.5 Å². The number of carbonyl (C=O) groups excluding carboxylic acids is 1. The topological polar surface area (TPSA) is 41.1 Å². The van der Waals surface area contributed by atoms with Gasteiger partial charge in [0.05, 0.1) is 16.3 Å². The number of halogens is 5. The number of nitrogens with one attached hydrogen (secondary N) is 2. The van der Waals surface area contributed by atoms with E-state index >= 15 is 0 Å². The summed E-state index contributed by atoms with van der Waals surface area (Å²) in [6.07, 6.45) is -4.39. The summed E-state index contributed by atoms with van der Waals surface area (Å²) >= 11 is 11.8. The van der Waals surface area contributed by atoms with Crippen LogP contribution in [0, 0.1) is 0 Å². The molecule has 0 atom stereocenters. The Labute approximate surface area is 146 Å². The van der Waals surface area contributed by atoms with E-state index in [4.69, 9.17) is 23.2 Å². The molecule has 0 spiro atoms. The molecule has 0 aliphatic heterocycles. The van der Waals surface area contributed by atoms with E-state index in [1.807, 2.05) is 0 Å². The van der Waals surface area contributed by atoms with Gasteiger partial charge in [-0.3, -0.25) is 4.79 Å². The molecule has 0 saturated heterocycles. The van der Waals surface area contributed by atoms with Gasteiger partial charge in [0.15, 0.2) is 0 Å². The van der Waals surface area contributed by atoms with Crippen LogP contribution < -0.4 is 10.6 Å². The summed E-state index contributed by atoms with van der Waals surface area (Å²) in [6.45, 7) is 0.270. The average molecular weight is 377 g/mol. The maximum absolute atomic E-state index is 12.6. The third-order valence-electron chi connectivity index (χ3n) is 3.07. The fourth-order valence-corrected chi connectivity index (χ4v) is 2.42. The molecule has 0 unspecified atom stereocenters. The fourth-order valence-electron chi connectivity index (χ4n) is 1.94. The first kappa shape index (κ1) is 18.4. The predicted molar refractivity (Wildman–Crippen MR) is 89.6 cm³/mol. The Balaban J connectivity index is 1.87. The van der Waals surface area contributed by atoms with E-state index in [1.165, 1.54) is 12.1 Å². The number of anilines is 2. The highest BCUT2D eigenvalue weighted by Crippen LogP contribution is 2.30. The maximum Gasteiger partial charge on any atom is 0.416 e. The molecule has 128 valence electrons. The molecule has 2 aromatic rings. The highest BCUT2D eigenvalue weighted by Gasteiger charge is 2.30. The molecule has 0 radical (unpaired) electrons. The molecule has 0 aliphatic carbocycles. The molecule has 0 aliphatic rings. The SMILES string of the molecule is O=C(CCNc1ccc(Cl)cc1Cl)Nc1cccc(C(F)(F)F)c1. The summed E-state index contributed by atoms with van der Waals surface area (Å²) in [5, 5.41) is 6.30. The Morgan fingerprint density at radius 3 is 2.50 bits per heavy atom. The Bertz CT molecular complexity index is 736. The number of carbonyl (C=O) groups is 1. The van der Waals surface area contributed by atoms with Crippen LogP contribution in [0.25, 0.3) is 0 Å². The summed E-state index contributed by atoms with van der Waals surface area (Å²) < 4.78 is 37.9. The van der Waals surface area contributed by atoms with Crippen molar-refractivity contribution in [1.29, 1.82) is 0 Å². The van der Waals surface area contributed by atoms with Crippen molar-refractivity contribution in [2.24, 2.45) is 0 Å². The van der Waals surface area contributed by atoms with Gasteiger partial charge < -0.3 is 10.6 Å². The summed E-state index contributed by atoms with van der Waals surface area (Å²) in [5.74, 6) is -0.410. The first-order chi connectivity index (χ1) is 11.3. The minimum absolute atomic E-state index is 0.0647. The lowest BCUT2D eigenvalue weighted by atomic mass is 10.2. The van der Waals surface area contributed by atoms with Crippen molar-refractivity contribution in [3.8, 4) is 0 Å². The van der Waals surface area contributed by atoms with Gasteiger partial charge in [0.1, 0.15) is 0 Å². The van der Waals surface area contributed by atoms with E-state index in [0.29, 0.717) is 15.7 Å². The van der Waals surface area contributed by atoms with Crippen LogP contribution in [0.1, 0.15) is 12.0 Å². The van der Waals surface area contributed by atoms with Gasteiger partial charge in [-0.2, -0.15) is 13.2 Å². The number of benzene rings is 2. The largest absolute Gasteiger partial charge is 0.416 e. The van der Waals surface area contributed by atoms with E-state index in [0.717, 1.165) is 12.1 Å². The van der Waals surface area contributed by atoms with Crippen molar-refractivity contribution < 1.29 is 18.0 Å². The lowest BCUT2D eigenvalue weighted by molar-refractivity contribution is -0.137. The van der Waals surface area contributed by atoms with Crippen molar-refractivity contribution in [1.82, 2.24) is 0 Å². The molecule has 0 aromatic heterocycles. The van der Waals surface area contributed by atoms with Gasteiger partial charge in [0.25, 0.3) is 0 Å². The van der Waals surface area contributed by atoms with Crippen LogP contribution in [0.2, 0.25) is 10.0 Å². The molecule has 2 aromatic carbocycles. The van der Waals surface area contributed by atoms with Crippen molar-refractivity contribution in [3.63, 3.8) is 0 Å². The molecular formula is C16H13Cl2F3N2O. The van der Waals surface area contributed by atoms with Crippen molar-refractivity contribution in [2.45, 2.75) is 12.6 Å². The number of amides is 1. The van der Waals surface area contributed by atoms with Crippen LogP contribution in [0.15, 0.2) is 42.5 Å². The van der Waals surface area contributed by atoms with Gasteiger partial charge in [-0.25, -0.2) is 0 Å². The molecule has 2 N–H and O–H groups in total. The minimum atomic E-state index is -4.45. The van der Waals surface area contributed by atoms with Crippen molar-refractivity contribution >= 4 is 40.5 Å². The Hall–Kier alpha value is -1.92. The minimum Gasteiger partial charge on any atom is -0.383 e. The number of alkyl halides is 3. The third kappa shape index (κ3) is 5.32. The summed E-state index contributed by atoms with van der Waals surface area (Å²) in [7, 11) is 0. The zero-order valence-corrected chi connectivity index (χ0v) is 13.8. The lowest BCUT2D eigenvalue weighted by Crippen LogP contribution is -2.17. The van der Waals surface area contributed by atoms with Gasteiger partial charge in [-0.15, -0.1) is 0 Å². The third-order valence-corrected chi connectivity index (χ3v) is 3.62. The maximum atomic E-state index is 12.6. The predicted octanol–water partition coefficient (Wildman–Crippen LogP) is 5.45. The van der Waals surface area contributed by atoms with Gasteiger partial charge in [-0.05, 0) is 36.4 Å². The number of hydrogen-bond acceptors (Lipinski definition) is 2. The van der Waals surface area contributed by atoms with Crippen LogP contribution in [0.3, 0.4) is 0 Å². The van der Waals surface area contributed by atoms with Gasteiger partial charge in [0.2, 0.25) is 5.91 Å². The Morgan fingerprint density at radius 1 is 1.08 bits per heavy atom. The van der Waals surface area contributed by atoms with E-state index in [-0.39, 0.29) is 18.7 Å². The number of rotatable bonds is 5. The van der Waals surface area contributed by atoms with Crippen LogP contribution in [-0.4, -0.2) is 12.5 Å². The summed E-state index contributed by atoms with van der Waals surface area (Å²) in [5.41, 5.74) is -0.0985.